The number of phenols is 1. The average Bonchev–Trinajstić information content (AvgIpc) is 2.44. The molecule has 9 heteroatoms. The van der Waals surface area contributed by atoms with Crippen LogP contribution < -0.4 is 5.73 Å². The number of amides is 1. The Morgan fingerprint density at radius 2 is 2.00 bits per heavy atom. The van der Waals surface area contributed by atoms with Crippen LogP contribution in [0, 0.1) is 17.5 Å². The summed E-state index contributed by atoms with van der Waals surface area (Å²) < 4.78 is 39.5. The molecule has 0 radical (unpaired) electrons. The van der Waals surface area contributed by atoms with Gasteiger partial charge in [0.25, 0.3) is 5.91 Å². The van der Waals surface area contributed by atoms with Crippen LogP contribution in [0.4, 0.5) is 13.2 Å². The number of amidine groups is 1. The largest absolute Gasteiger partial charge is 0.503 e. The van der Waals surface area contributed by atoms with Crippen molar-refractivity contribution in [2.24, 2.45) is 10.9 Å². The van der Waals surface area contributed by atoms with Gasteiger partial charge in [-0.2, -0.15) is 4.39 Å². The predicted molar refractivity (Wildman–Crippen MR) is 63.0 cm³/mol. The topological polar surface area (TPSA) is 99.1 Å². The molecule has 1 aromatic rings. The number of hydrogen-bond acceptors (Lipinski definition) is 4. The number of benzene rings is 1. The third-order valence-corrected chi connectivity index (χ3v) is 2.54. The average molecular weight is 291 g/mol. The van der Waals surface area contributed by atoms with E-state index in [1.807, 2.05) is 0 Å². The van der Waals surface area contributed by atoms with E-state index in [2.05, 4.69) is 5.16 Å². The van der Waals surface area contributed by atoms with Gasteiger partial charge in [0.2, 0.25) is 5.82 Å². The first-order valence-corrected chi connectivity index (χ1v) is 5.37. The highest BCUT2D eigenvalue weighted by Crippen LogP contribution is 2.26. The van der Waals surface area contributed by atoms with Crippen molar-refractivity contribution in [3.8, 4) is 5.75 Å². The van der Waals surface area contributed by atoms with Gasteiger partial charge >= 0.3 is 0 Å². The summed E-state index contributed by atoms with van der Waals surface area (Å²) in [5.74, 6) is -7.56. The minimum absolute atomic E-state index is 0.00395. The van der Waals surface area contributed by atoms with Gasteiger partial charge in [0.1, 0.15) is 5.84 Å². The second kappa shape index (κ2) is 6.13. The summed E-state index contributed by atoms with van der Waals surface area (Å²) >= 11 is 0. The van der Waals surface area contributed by atoms with Crippen LogP contribution in [0.3, 0.4) is 0 Å². The standard InChI is InChI=1S/C11H12F3N3O3/c1-17(3-2-7(15)16-20)11(19)5-4-6(12)9(14)10(18)8(5)13/h4,18,20H,2-3H2,1H3,(H2,15,16). The Kier molecular flexibility index (Phi) is 4.78. The Balaban J connectivity index is 2.98. The van der Waals surface area contributed by atoms with E-state index in [0.717, 1.165) is 4.90 Å². The summed E-state index contributed by atoms with van der Waals surface area (Å²) in [5, 5.41) is 20.0. The van der Waals surface area contributed by atoms with E-state index < -0.39 is 34.7 Å². The molecule has 0 bridgehead atoms. The van der Waals surface area contributed by atoms with Crippen LogP contribution in [0.1, 0.15) is 16.8 Å². The zero-order valence-corrected chi connectivity index (χ0v) is 10.4. The number of oxime groups is 1. The first kappa shape index (κ1) is 15.6. The van der Waals surface area contributed by atoms with E-state index in [0.29, 0.717) is 6.07 Å². The highest BCUT2D eigenvalue weighted by molar-refractivity contribution is 5.95. The molecule has 0 aliphatic rings. The number of nitrogens with two attached hydrogens (primary N) is 1. The molecule has 1 aromatic carbocycles. The second-order valence-corrected chi connectivity index (χ2v) is 3.95. The van der Waals surface area contributed by atoms with Crippen molar-refractivity contribution in [2.75, 3.05) is 13.6 Å². The van der Waals surface area contributed by atoms with Crippen LogP contribution in [-0.2, 0) is 0 Å². The molecule has 110 valence electrons. The Morgan fingerprint density at radius 3 is 2.55 bits per heavy atom. The maximum Gasteiger partial charge on any atom is 0.256 e. The molecule has 6 nitrogen and oxygen atoms in total. The third kappa shape index (κ3) is 3.11. The minimum Gasteiger partial charge on any atom is -0.503 e. The van der Waals surface area contributed by atoms with Gasteiger partial charge in [0, 0.05) is 20.0 Å². The molecule has 20 heavy (non-hydrogen) atoms. The number of carbonyl (C=O) groups is 1. The molecule has 0 heterocycles. The third-order valence-electron chi connectivity index (χ3n) is 2.54. The molecule has 0 unspecified atom stereocenters. The Morgan fingerprint density at radius 1 is 1.40 bits per heavy atom. The molecule has 1 rings (SSSR count). The second-order valence-electron chi connectivity index (χ2n) is 3.95. The van der Waals surface area contributed by atoms with Crippen LogP contribution in [0.5, 0.6) is 5.75 Å². The smallest absolute Gasteiger partial charge is 0.256 e. The zero-order chi connectivity index (χ0) is 15.4. The van der Waals surface area contributed by atoms with Crippen molar-refractivity contribution in [3.63, 3.8) is 0 Å². The fraction of sp³-hybridized carbons (Fsp3) is 0.273. The maximum absolute atomic E-state index is 13.5. The molecule has 4 N–H and O–H groups in total. The molecule has 0 saturated heterocycles. The van der Waals surface area contributed by atoms with Gasteiger partial charge in [-0.15, -0.1) is 0 Å². The molecule has 0 spiro atoms. The Hall–Kier alpha value is -2.45. The number of hydrogen-bond donors (Lipinski definition) is 3. The summed E-state index contributed by atoms with van der Waals surface area (Å²) in [4.78, 5) is 12.8. The van der Waals surface area contributed by atoms with Crippen LogP contribution in [0.25, 0.3) is 0 Å². The molecular weight excluding hydrogens is 279 g/mol. The fourth-order valence-electron chi connectivity index (χ4n) is 1.39. The quantitative estimate of drug-likeness (QED) is 0.253. The van der Waals surface area contributed by atoms with Crippen LogP contribution in [-0.4, -0.2) is 40.5 Å². The summed E-state index contributed by atoms with van der Waals surface area (Å²) in [6.45, 7) is -0.0477. The van der Waals surface area contributed by atoms with Crippen LogP contribution in [0.15, 0.2) is 11.2 Å². The maximum atomic E-state index is 13.5. The van der Waals surface area contributed by atoms with Crippen LogP contribution in [0.2, 0.25) is 0 Å². The van der Waals surface area contributed by atoms with E-state index in [1.165, 1.54) is 7.05 Å². The van der Waals surface area contributed by atoms with E-state index in [9.17, 15) is 18.0 Å². The molecular formula is C11H12F3N3O3. The van der Waals surface area contributed by atoms with E-state index in [1.54, 1.807) is 0 Å². The van der Waals surface area contributed by atoms with Crippen molar-refractivity contribution in [2.45, 2.75) is 6.42 Å². The fourth-order valence-corrected chi connectivity index (χ4v) is 1.39. The normalized spacial score (nSPS) is 11.5. The molecule has 0 saturated carbocycles. The zero-order valence-electron chi connectivity index (χ0n) is 10.4. The number of aromatic hydroxyl groups is 1. The first-order valence-electron chi connectivity index (χ1n) is 5.37. The molecule has 0 atom stereocenters. The van der Waals surface area contributed by atoms with Crippen molar-refractivity contribution in [1.82, 2.24) is 4.90 Å². The highest BCUT2D eigenvalue weighted by Gasteiger charge is 2.24. The molecule has 0 aliphatic heterocycles. The summed E-state index contributed by atoms with van der Waals surface area (Å²) in [5.41, 5.74) is 4.38. The highest BCUT2D eigenvalue weighted by atomic mass is 19.2. The van der Waals surface area contributed by atoms with Crippen molar-refractivity contribution >= 4 is 11.7 Å². The van der Waals surface area contributed by atoms with Gasteiger partial charge in [0.05, 0.1) is 5.56 Å². The molecule has 1 amide bonds. The number of rotatable bonds is 4. The Bertz CT molecular complexity index is 564. The summed E-state index contributed by atoms with van der Waals surface area (Å²) in [6.07, 6.45) is -0.00395. The number of carbonyl (C=O) groups excluding carboxylic acids is 1. The monoisotopic (exact) mass is 291 g/mol. The van der Waals surface area contributed by atoms with Gasteiger partial charge in [-0.1, -0.05) is 5.16 Å². The van der Waals surface area contributed by atoms with Gasteiger partial charge in [-0.3, -0.25) is 4.79 Å². The minimum atomic E-state index is -1.77. The van der Waals surface area contributed by atoms with E-state index in [4.69, 9.17) is 16.0 Å². The molecule has 0 aromatic heterocycles. The van der Waals surface area contributed by atoms with E-state index in [-0.39, 0.29) is 18.8 Å². The lowest BCUT2D eigenvalue weighted by atomic mass is 10.1. The van der Waals surface area contributed by atoms with Crippen molar-refractivity contribution < 1.29 is 28.3 Å². The first-order chi connectivity index (χ1) is 9.29. The molecule has 0 fully saturated rings. The van der Waals surface area contributed by atoms with Crippen molar-refractivity contribution in [3.05, 3.63) is 29.1 Å². The lowest BCUT2D eigenvalue weighted by Gasteiger charge is -2.17. The van der Waals surface area contributed by atoms with E-state index >= 15 is 0 Å². The van der Waals surface area contributed by atoms with Gasteiger partial charge in [-0.05, 0) is 6.07 Å². The number of phenolic OH excluding ortho intramolecular Hbond substituents is 1. The molecule has 0 aliphatic carbocycles. The summed E-state index contributed by atoms with van der Waals surface area (Å²) in [6, 6.07) is 0.354. The predicted octanol–water partition coefficient (Wildman–Crippen LogP) is 1.02. The SMILES string of the molecule is CN(CC/C(N)=N/O)C(=O)c1cc(F)c(F)c(O)c1F. The van der Waals surface area contributed by atoms with Gasteiger partial charge in [0.15, 0.2) is 17.4 Å². The van der Waals surface area contributed by atoms with Crippen LogP contribution >= 0.6 is 0 Å². The number of nitrogens with zero attached hydrogens (tertiary/aromatic N) is 2. The lowest BCUT2D eigenvalue weighted by molar-refractivity contribution is 0.0792. The van der Waals surface area contributed by atoms with Crippen molar-refractivity contribution in [1.29, 1.82) is 0 Å². The van der Waals surface area contributed by atoms with Gasteiger partial charge < -0.3 is 20.9 Å². The lowest BCUT2D eigenvalue weighted by Crippen LogP contribution is -2.31. The van der Waals surface area contributed by atoms with Gasteiger partial charge in [-0.25, -0.2) is 8.78 Å². The summed E-state index contributed by atoms with van der Waals surface area (Å²) in [7, 11) is 1.25. The Labute approximate surface area is 111 Å². The number of halogens is 3.